The van der Waals surface area contributed by atoms with Crippen molar-refractivity contribution in [2.24, 2.45) is 16.8 Å². The number of carbonyl (C=O) groups is 1. The number of hydrogen-bond donors (Lipinski definition) is 2. The second-order valence-corrected chi connectivity index (χ2v) is 5.26. The molecular formula is C10H14N2O3S. The number of carbonyl (C=O) groups excluding carboxylic acids is 1. The minimum absolute atomic E-state index is 0.0583. The molecule has 0 heterocycles. The molecule has 0 radical (unpaired) electrons. The average Bonchev–Trinajstić information content (AvgIpc) is 2.17. The van der Waals surface area contributed by atoms with E-state index in [9.17, 15) is 13.2 Å². The second-order valence-electron chi connectivity index (χ2n) is 3.70. The standard InChI is InChI=1S/C10H14N2O3S/c1-7(10(11)13)6-8-2-4-9(5-3-8)16(12,14)15/h2-5,7H,6H2,1H3,(H2,11,13)(H2,12,14,15)/t7-/m1/s1. The maximum Gasteiger partial charge on any atom is 0.238 e. The van der Waals surface area contributed by atoms with Crippen LogP contribution in [0.1, 0.15) is 12.5 Å². The molecule has 0 aromatic heterocycles. The third kappa shape index (κ3) is 3.32. The molecule has 1 atom stereocenters. The van der Waals surface area contributed by atoms with Crippen molar-refractivity contribution in [1.29, 1.82) is 0 Å². The van der Waals surface area contributed by atoms with Gasteiger partial charge in [0.1, 0.15) is 0 Å². The van der Waals surface area contributed by atoms with Crippen molar-refractivity contribution < 1.29 is 13.2 Å². The monoisotopic (exact) mass is 242 g/mol. The molecule has 0 spiro atoms. The van der Waals surface area contributed by atoms with Gasteiger partial charge < -0.3 is 5.73 Å². The summed E-state index contributed by atoms with van der Waals surface area (Å²) in [5, 5.41) is 4.95. The Morgan fingerprint density at radius 1 is 1.31 bits per heavy atom. The Balaban J connectivity index is 2.84. The summed E-state index contributed by atoms with van der Waals surface area (Å²) in [5.41, 5.74) is 5.97. The molecule has 5 nitrogen and oxygen atoms in total. The van der Waals surface area contributed by atoms with Crippen LogP contribution < -0.4 is 10.9 Å². The van der Waals surface area contributed by atoms with Crippen LogP contribution in [0.5, 0.6) is 0 Å². The topological polar surface area (TPSA) is 103 Å². The third-order valence-electron chi connectivity index (χ3n) is 2.28. The van der Waals surface area contributed by atoms with Crippen LogP contribution in [-0.2, 0) is 21.2 Å². The number of rotatable bonds is 4. The molecule has 0 unspecified atom stereocenters. The molecule has 0 saturated carbocycles. The maximum absolute atomic E-state index is 11.0. The van der Waals surface area contributed by atoms with Crippen molar-refractivity contribution in [3.63, 3.8) is 0 Å². The quantitative estimate of drug-likeness (QED) is 0.776. The number of sulfonamides is 1. The molecule has 1 aromatic rings. The van der Waals surface area contributed by atoms with Crippen LogP contribution in [0.4, 0.5) is 0 Å². The lowest BCUT2D eigenvalue weighted by molar-refractivity contribution is -0.121. The summed E-state index contributed by atoms with van der Waals surface area (Å²) < 4.78 is 22.0. The number of primary amides is 1. The van der Waals surface area contributed by atoms with Gasteiger partial charge in [-0.05, 0) is 24.1 Å². The fourth-order valence-electron chi connectivity index (χ4n) is 1.27. The summed E-state index contributed by atoms with van der Waals surface area (Å²) in [5.74, 6) is -0.657. The van der Waals surface area contributed by atoms with E-state index in [1.807, 2.05) is 0 Å². The van der Waals surface area contributed by atoms with Crippen molar-refractivity contribution in [2.75, 3.05) is 0 Å². The Labute approximate surface area is 94.5 Å². The Bertz CT molecular complexity index is 479. The predicted molar refractivity (Wildman–Crippen MR) is 59.9 cm³/mol. The van der Waals surface area contributed by atoms with Crippen molar-refractivity contribution >= 4 is 15.9 Å². The molecule has 4 N–H and O–H groups in total. The minimum Gasteiger partial charge on any atom is -0.369 e. The summed E-state index contributed by atoms with van der Waals surface area (Å²) in [7, 11) is -3.66. The van der Waals surface area contributed by atoms with E-state index in [1.54, 1.807) is 19.1 Å². The van der Waals surface area contributed by atoms with Gasteiger partial charge >= 0.3 is 0 Å². The first-order chi connectivity index (χ1) is 7.30. The van der Waals surface area contributed by atoms with Crippen LogP contribution in [0.3, 0.4) is 0 Å². The summed E-state index contributed by atoms with van der Waals surface area (Å²) in [4.78, 5) is 10.9. The number of nitrogens with two attached hydrogens (primary N) is 2. The van der Waals surface area contributed by atoms with Crippen LogP contribution in [-0.4, -0.2) is 14.3 Å². The molecule has 1 amide bonds. The van der Waals surface area contributed by atoms with E-state index in [0.717, 1.165) is 5.56 Å². The van der Waals surface area contributed by atoms with E-state index in [2.05, 4.69) is 0 Å². The van der Waals surface area contributed by atoms with Crippen LogP contribution >= 0.6 is 0 Å². The number of primary sulfonamides is 1. The molecule has 1 aromatic carbocycles. The van der Waals surface area contributed by atoms with E-state index in [4.69, 9.17) is 10.9 Å². The van der Waals surface area contributed by atoms with E-state index >= 15 is 0 Å². The Morgan fingerprint density at radius 2 is 1.81 bits per heavy atom. The van der Waals surface area contributed by atoms with Crippen LogP contribution in [0.2, 0.25) is 0 Å². The number of amides is 1. The molecule has 1 rings (SSSR count). The first kappa shape index (κ1) is 12.7. The SMILES string of the molecule is C[C@H](Cc1ccc(S(N)(=O)=O)cc1)C(N)=O. The second kappa shape index (κ2) is 4.63. The van der Waals surface area contributed by atoms with Crippen molar-refractivity contribution in [1.82, 2.24) is 0 Å². The van der Waals surface area contributed by atoms with Gasteiger partial charge in [0.05, 0.1) is 4.90 Å². The van der Waals surface area contributed by atoms with Gasteiger partial charge in [0.15, 0.2) is 0 Å². The van der Waals surface area contributed by atoms with E-state index in [1.165, 1.54) is 12.1 Å². The molecule has 6 heteroatoms. The predicted octanol–water partition coefficient (Wildman–Crippen LogP) is -0.00210. The molecule has 0 aliphatic heterocycles. The highest BCUT2D eigenvalue weighted by Gasteiger charge is 2.11. The van der Waals surface area contributed by atoms with Crippen molar-refractivity contribution in [2.45, 2.75) is 18.2 Å². The van der Waals surface area contributed by atoms with E-state index in [0.29, 0.717) is 6.42 Å². The van der Waals surface area contributed by atoms with Gasteiger partial charge in [0.25, 0.3) is 0 Å². The third-order valence-corrected chi connectivity index (χ3v) is 3.21. The highest BCUT2D eigenvalue weighted by molar-refractivity contribution is 7.89. The Hall–Kier alpha value is -1.40. The minimum atomic E-state index is -3.66. The summed E-state index contributed by atoms with van der Waals surface area (Å²) >= 11 is 0. The van der Waals surface area contributed by atoms with E-state index < -0.39 is 10.0 Å². The molecule has 0 aliphatic rings. The van der Waals surface area contributed by atoms with Crippen molar-refractivity contribution in [3.05, 3.63) is 29.8 Å². The Kier molecular flexibility index (Phi) is 3.66. The molecule has 0 saturated heterocycles. The molecule has 0 fully saturated rings. The fourth-order valence-corrected chi connectivity index (χ4v) is 1.78. The van der Waals surface area contributed by atoms with Gasteiger partial charge in [-0.25, -0.2) is 13.6 Å². The summed E-state index contributed by atoms with van der Waals surface area (Å²) in [6, 6.07) is 6.08. The zero-order valence-corrected chi connectivity index (χ0v) is 9.70. The summed E-state index contributed by atoms with van der Waals surface area (Å²) in [6.45, 7) is 1.72. The van der Waals surface area contributed by atoms with Crippen LogP contribution in [0.25, 0.3) is 0 Å². The smallest absolute Gasteiger partial charge is 0.238 e. The summed E-state index contributed by atoms with van der Waals surface area (Å²) in [6.07, 6.45) is 0.486. The van der Waals surface area contributed by atoms with Crippen LogP contribution in [0.15, 0.2) is 29.2 Å². The Morgan fingerprint density at radius 3 is 2.19 bits per heavy atom. The van der Waals surface area contributed by atoms with Gasteiger partial charge in [0.2, 0.25) is 15.9 Å². The maximum atomic E-state index is 11.0. The van der Waals surface area contributed by atoms with Gasteiger partial charge in [0, 0.05) is 5.92 Å². The van der Waals surface area contributed by atoms with Crippen LogP contribution in [0, 0.1) is 5.92 Å². The number of hydrogen-bond acceptors (Lipinski definition) is 3. The zero-order valence-electron chi connectivity index (χ0n) is 8.88. The lowest BCUT2D eigenvalue weighted by atomic mass is 10.0. The van der Waals surface area contributed by atoms with Gasteiger partial charge in [-0.3, -0.25) is 4.79 Å². The fraction of sp³-hybridized carbons (Fsp3) is 0.300. The largest absolute Gasteiger partial charge is 0.369 e. The highest BCUT2D eigenvalue weighted by Crippen LogP contribution is 2.12. The normalized spacial score (nSPS) is 13.4. The first-order valence-electron chi connectivity index (χ1n) is 4.72. The first-order valence-corrected chi connectivity index (χ1v) is 6.26. The molecule has 0 bridgehead atoms. The number of benzene rings is 1. The van der Waals surface area contributed by atoms with Crippen molar-refractivity contribution in [3.8, 4) is 0 Å². The molecule has 0 aliphatic carbocycles. The lowest BCUT2D eigenvalue weighted by Crippen LogP contribution is -2.22. The van der Waals surface area contributed by atoms with Gasteiger partial charge in [-0.2, -0.15) is 0 Å². The average molecular weight is 242 g/mol. The zero-order chi connectivity index (χ0) is 12.3. The molecule has 16 heavy (non-hydrogen) atoms. The van der Waals surface area contributed by atoms with E-state index in [-0.39, 0.29) is 16.7 Å². The van der Waals surface area contributed by atoms with Gasteiger partial charge in [-0.15, -0.1) is 0 Å². The molecular weight excluding hydrogens is 228 g/mol. The molecule has 88 valence electrons. The van der Waals surface area contributed by atoms with Gasteiger partial charge in [-0.1, -0.05) is 19.1 Å². The lowest BCUT2D eigenvalue weighted by Gasteiger charge is -2.07. The highest BCUT2D eigenvalue weighted by atomic mass is 32.2.